The van der Waals surface area contributed by atoms with Crippen LogP contribution in [0.4, 0.5) is 0 Å². The average Bonchev–Trinajstić information content (AvgIpc) is 1.59. The van der Waals surface area contributed by atoms with Crippen LogP contribution in [0.1, 0.15) is 49.9 Å². The smallest absolute Gasteiger partial charge is 0.164 e. The summed E-state index contributed by atoms with van der Waals surface area (Å²) < 4.78 is 0. The molecular formula is C96H66N6. The number of nitrogens with zero attached hydrogens (tertiary/aromatic N) is 6. The molecule has 0 atom stereocenters. The van der Waals surface area contributed by atoms with E-state index < -0.39 is 0 Å². The van der Waals surface area contributed by atoms with Gasteiger partial charge < -0.3 is 0 Å². The van der Waals surface area contributed by atoms with Crippen LogP contribution in [0.3, 0.4) is 0 Å². The lowest BCUT2D eigenvalue weighted by atomic mass is 9.81. The van der Waals surface area contributed by atoms with E-state index in [1.54, 1.807) is 0 Å². The quantitative estimate of drug-likeness (QED) is 0.151. The molecule has 0 radical (unpaired) electrons. The second-order valence-electron chi connectivity index (χ2n) is 28.2. The SMILES string of the molecule is CC1(C)c2ccccc2-c2c(-c3ccc4ccc(-c5nc(-c6ccc7ccccc7c6)nc(-c6ccc7ccccc7c6)n5)cc4c3)cccc21.CC1(C)c2ccccc2-c2ccc(-c3ccc4ccc(-c5nc(-c6ccc7ccccc7c6)nc(-c6ccc7ccccc7c6)n5)cc4c3)cc21. The van der Waals surface area contributed by atoms with Crippen LogP contribution in [0.25, 0.3) is 177 Å². The molecule has 0 spiro atoms. The van der Waals surface area contributed by atoms with Crippen molar-refractivity contribution in [3.8, 4) is 113 Å². The zero-order chi connectivity index (χ0) is 68.2. The van der Waals surface area contributed by atoms with Gasteiger partial charge in [-0.15, -0.1) is 0 Å². The van der Waals surface area contributed by atoms with Crippen molar-refractivity contribution >= 4 is 64.6 Å². The van der Waals surface area contributed by atoms with Gasteiger partial charge in [0.15, 0.2) is 34.9 Å². The Morgan fingerprint density at radius 2 is 0.422 bits per heavy atom. The Morgan fingerprint density at radius 3 is 0.843 bits per heavy atom. The largest absolute Gasteiger partial charge is 0.208 e. The lowest BCUT2D eigenvalue weighted by molar-refractivity contribution is 0.660. The van der Waals surface area contributed by atoms with E-state index in [1.807, 2.05) is 0 Å². The number of fused-ring (bicyclic) bond motifs is 12. The Hall–Kier alpha value is -12.9. The molecule has 2 aromatic heterocycles. The molecule has 0 amide bonds. The first kappa shape index (κ1) is 60.3. The molecule has 0 saturated heterocycles. The third kappa shape index (κ3) is 10.5. The normalized spacial score (nSPS) is 13.1. The van der Waals surface area contributed by atoms with Crippen LogP contribution in [0.15, 0.2) is 328 Å². The first-order chi connectivity index (χ1) is 50.0. The maximum Gasteiger partial charge on any atom is 0.164 e. The first-order valence-electron chi connectivity index (χ1n) is 35.0. The van der Waals surface area contributed by atoms with Crippen molar-refractivity contribution in [1.82, 2.24) is 29.9 Å². The Balaban J connectivity index is 0.000000141. The van der Waals surface area contributed by atoms with Gasteiger partial charge in [-0.05, 0) is 186 Å². The van der Waals surface area contributed by atoms with E-state index >= 15 is 0 Å². The molecule has 2 aliphatic carbocycles. The van der Waals surface area contributed by atoms with Crippen molar-refractivity contribution in [2.75, 3.05) is 0 Å². The molecule has 0 bridgehead atoms. The van der Waals surface area contributed by atoms with Crippen LogP contribution >= 0.6 is 0 Å². The van der Waals surface area contributed by atoms with Crippen LogP contribution < -0.4 is 0 Å². The predicted octanol–water partition coefficient (Wildman–Crippen LogP) is 24.6. The maximum absolute atomic E-state index is 5.12. The highest BCUT2D eigenvalue weighted by Gasteiger charge is 2.37. The molecule has 20 rings (SSSR count). The summed E-state index contributed by atoms with van der Waals surface area (Å²) >= 11 is 0. The van der Waals surface area contributed by atoms with Gasteiger partial charge in [0.2, 0.25) is 0 Å². The summed E-state index contributed by atoms with van der Waals surface area (Å²) in [5.74, 6) is 3.93. The monoisotopic (exact) mass is 1300 g/mol. The number of rotatable bonds is 8. The van der Waals surface area contributed by atoms with Gasteiger partial charge in [-0.25, -0.2) is 29.9 Å². The van der Waals surface area contributed by atoms with Crippen molar-refractivity contribution in [2.24, 2.45) is 0 Å². The van der Waals surface area contributed by atoms with Gasteiger partial charge in [0.25, 0.3) is 0 Å². The molecule has 480 valence electrons. The third-order valence-corrected chi connectivity index (χ3v) is 21.3. The molecule has 0 N–H and O–H groups in total. The van der Waals surface area contributed by atoms with Crippen LogP contribution in [-0.4, -0.2) is 29.9 Å². The summed E-state index contributed by atoms with van der Waals surface area (Å²) in [5, 5.41) is 14.0. The fraction of sp³-hybridized carbons (Fsp3) is 0.0625. The van der Waals surface area contributed by atoms with Crippen LogP contribution in [0.2, 0.25) is 0 Å². The lowest BCUT2D eigenvalue weighted by Crippen LogP contribution is -2.14. The standard InChI is InChI=1S/2C48H33N3/c1-48(2)42-16-8-7-14-41(42)44-40(15-9-17-43(44)48)35-22-18-32-21-25-38(29-39(32)28-35)47-50-45(36-23-19-30-10-3-5-12-33(30)26-36)49-46(51-47)37-24-20-31-11-4-6-13-34(31)27-37;1-48(2)43-14-8-7-13-41(43)42-24-23-36(29-44(42)48)35-19-15-32-18-22-39(28-40(32)27-35)47-50-45(37-20-16-30-9-3-5-11-33(30)25-37)49-46(51-47)38-21-17-31-10-4-6-12-34(31)26-38/h2*3-29H,1-2H3. The van der Waals surface area contributed by atoms with Crippen molar-refractivity contribution < 1.29 is 0 Å². The first-order valence-corrected chi connectivity index (χ1v) is 35.0. The van der Waals surface area contributed by atoms with Gasteiger partial charge in [-0.2, -0.15) is 0 Å². The van der Waals surface area contributed by atoms with E-state index in [4.69, 9.17) is 29.9 Å². The van der Waals surface area contributed by atoms with Gasteiger partial charge in [0, 0.05) is 44.2 Å². The summed E-state index contributed by atoms with van der Waals surface area (Å²) in [4.78, 5) is 30.6. The predicted molar refractivity (Wildman–Crippen MR) is 423 cm³/mol. The zero-order valence-electron chi connectivity index (χ0n) is 56.9. The van der Waals surface area contributed by atoms with Gasteiger partial charge in [-0.3, -0.25) is 0 Å². The highest BCUT2D eigenvalue weighted by Crippen LogP contribution is 2.53. The minimum absolute atomic E-state index is 0.0455. The second kappa shape index (κ2) is 23.9. The van der Waals surface area contributed by atoms with Gasteiger partial charge >= 0.3 is 0 Å². The minimum atomic E-state index is -0.0455. The molecule has 102 heavy (non-hydrogen) atoms. The van der Waals surface area contributed by atoms with E-state index in [0.717, 1.165) is 65.7 Å². The maximum atomic E-state index is 5.12. The van der Waals surface area contributed by atoms with E-state index in [0.29, 0.717) is 34.9 Å². The molecule has 0 aliphatic heterocycles. The average molecular weight is 1300 g/mol. The molecule has 18 aromatic rings. The van der Waals surface area contributed by atoms with E-state index in [-0.39, 0.29) is 10.8 Å². The van der Waals surface area contributed by atoms with E-state index in [9.17, 15) is 0 Å². The zero-order valence-corrected chi connectivity index (χ0v) is 56.9. The van der Waals surface area contributed by atoms with Crippen LogP contribution in [-0.2, 0) is 10.8 Å². The summed E-state index contributed by atoms with van der Waals surface area (Å²) in [6.45, 7) is 9.34. The number of hydrogen-bond donors (Lipinski definition) is 0. The van der Waals surface area contributed by atoms with E-state index in [1.165, 1.54) is 99.1 Å². The second-order valence-corrected chi connectivity index (χ2v) is 28.2. The van der Waals surface area contributed by atoms with Crippen molar-refractivity contribution in [3.05, 3.63) is 350 Å². The fourth-order valence-electron chi connectivity index (χ4n) is 15.8. The van der Waals surface area contributed by atoms with Gasteiger partial charge in [0.05, 0.1) is 0 Å². The summed E-state index contributed by atoms with van der Waals surface area (Å²) in [6.07, 6.45) is 0. The van der Waals surface area contributed by atoms with Gasteiger partial charge in [0.1, 0.15) is 0 Å². The molecule has 6 heteroatoms. The lowest BCUT2D eigenvalue weighted by Gasteiger charge is -2.22. The Bertz CT molecular complexity index is 6280. The topological polar surface area (TPSA) is 77.3 Å². The van der Waals surface area contributed by atoms with Crippen molar-refractivity contribution in [2.45, 2.75) is 38.5 Å². The molecule has 6 nitrogen and oxygen atoms in total. The van der Waals surface area contributed by atoms with E-state index in [2.05, 4.69) is 355 Å². The minimum Gasteiger partial charge on any atom is -0.208 e. The Morgan fingerprint density at radius 1 is 0.167 bits per heavy atom. The highest BCUT2D eigenvalue weighted by atomic mass is 15.0. The molecule has 0 fully saturated rings. The fourth-order valence-corrected chi connectivity index (χ4v) is 15.8. The molecule has 2 aliphatic rings. The number of aromatic nitrogens is 6. The molecule has 2 heterocycles. The van der Waals surface area contributed by atoms with Crippen LogP contribution in [0.5, 0.6) is 0 Å². The summed E-state index contributed by atoms with van der Waals surface area (Å²) in [7, 11) is 0. The molecule has 0 unspecified atom stereocenters. The highest BCUT2D eigenvalue weighted by molar-refractivity contribution is 5.99. The molecular weight excluding hydrogens is 1240 g/mol. The van der Waals surface area contributed by atoms with Crippen molar-refractivity contribution in [3.63, 3.8) is 0 Å². The number of hydrogen-bond acceptors (Lipinski definition) is 6. The summed E-state index contributed by atoms with van der Waals surface area (Å²) in [6, 6.07) is 117. The Kier molecular flexibility index (Phi) is 14.1. The third-order valence-electron chi connectivity index (χ3n) is 21.3. The molecule has 16 aromatic carbocycles. The van der Waals surface area contributed by atoms with Crippen LogP contribution in [0, 0.1) is 0 Å². The Labute approximate surface area is 592 Å². The number of benzene rings is 16. The molecule has 0 saturated carbocycles. The van der Waals surface area contributed by atoms with Crippen molar-refractivity contribution in [1.29, 1.82) is 0 Å². The van der Waals surface area contributed by atoms with Gasteiger partial charge in [-0.1, -0.05) is 301 Å². The summed E-state index contributed by atoms with van der Waals surface area (Å²) in [5.41, 5.74) is 21.4.